The lowest BCUT2D eigenvalue weighted by Gasteiger charge is -2.16. The number of hydrogen-bond donors (Lipinski definition) is 1. The fourth-order valence-corrected chi connectivity index (χ4v) is 3.72. The summed E-state index contributed by atoms with van der Waals surface area (Å²) in [6.45, 7) is 3.62. The number of nitro groups is 1. The molecule has 1 aliphatic rings. The fourth-order valence-electron chi connectivity index (χ4n) is 2.56. The summed E-state index contributed by atoms with van der Waals surface area (Å²) < 4.78 is 0. The van der Waals surface area contributed by atoms with E-state index in [1.165, 1.54) is 17.8 Å². The highest BCUT2D eigenvalue weighted by molar-refractivity contribution is 8.09. The van der Waals surface area contributed by atoms with Crippen LogP contribution in [0.4, 0.5) is 17.3 Å². The van der Waals surface area contributed by atoms with Crippen LogP contribution in [0.1, 0.15) is 18.2 Å². The van der Waals surface area contributed by atoms with Gasteiger partial charge >= 0.3 is 0 Å². The summed E-state index contributed by atoms with van der Waals surface area (Å²) in [4.78, 5) is 33.3. The molecule has 0 aliphatic carbocycles. The van der Waals surface area contributed by atoms with Crippen LogP contribution in [-0.4, -0.2) is 38.5 Å². The Morgan fingerprint density at radius 1 is 1.35 bits per heavy atom. The molecule has 134 valence electrons. The maximum Gasteiger partial charge on any atom is 0.274 e. The predicted molar refractivity (Wildman–Crippen MR) is 101 cm³/mol. The van der Waals surface area contributed by atoms with Gasteiger partial charge in [-0.1, -0.05) is 17.8 Å². The number of anilines is 2. The zero-order valence-corrected chi connectivity index (χ0v) is 15.3. The molecule has 26 heavy (non-hydrogen) atoms. The monoisotopic (exact) mass is 371 g/mol. The molecule has 1 atom stereocenters. The summed E-state index contributed by atoms with van der Waals surface area (Å²) in [5.41, 5.74) is 2.81. The molecular weight excluding hydrogens is 354 g/mol. The first-order chi connectivity index (χ1) is 12.4. The molecule has 1 N–H and O–H groups in total. The number of rotatable bonds is 5. The average Bonchev–Trinajstić information content (AvgIpc) is 2.91. The summed E-state index contributed by atoms with van der Waals surface area (Å²) in [5.74, 6) is 0.332. The van der Waals surface area contributed by atoms with E-state index in [1.807, 2.05) is 18.9 Å². The van der Waals surface area contributed by atoms with Crippen molar-refractivity contribution in [3.8, 4) is 0 Å². The Morgan fingerprint density at radius 2 is 2.12 bits per heavy atom. The van der Waals surface area contributed by atoms with Crippen molar-refractivity contribution in [3.63, 3.8) is 0 Å². The topological polar surface area (TPSA) is 101 Å². The number of aldehydes is 1. The zero-order valence-electron chi connectivity index (χ0n) is 14.5. The summed E-state index contributed by atoms with van der Waals surface area (Å²) in [7, 11) is 1.86. The average molecular weight is 371 g/mol. The fraction of sp³-hybridized carbons (Fsp3) is 0.235. The Morgan fingerprint density at radius 3 is 2.77 bits per heavy atom. The van der Waals surface area contributed by atoms with E-state index in [9.17, 15) is 14.9 Å². The minimum Gasteiger partial charge on any atom is -0.359 e. The molecule has 0 bridgehead atoms. The summed E-state index contributed by atoms with van der Waals surface area (Å²) in [6, 6.07) is 6.64. The van der Waals surface area contributed by atoms with Gasteiger partial charge in [0.1, 0.15) is 5.37 Å². The molecule has 0 radical (unpaired) electrons. The van der Waals surface area contributed by atoms with Gasteiger partial charge in [-0.25, -0.2) is 9.97 Å². The number of carbonyl (C=O) groups is 1. The third-order valence-corrected chi connectivity index (χ3v) is 5.55. The molecule has 8 nitrogen and oxygen atoms in total. The number of allylic oxidation sites excluding steroid dienone is 1. The second-order valence-electron chi connectivity index (χ2n) is 5.82. The lowest BCUT2D eigenvalue weighted by Crippen LogP contribution is -2.23. The van der Waals surface area contributed by atoms with Gasteiger partial charge in [0, 0.05) is 36.3 Å². The highest BCUT2D eigenvalue weighted by Gasteiger charge is 2.28. The summed E-state index contributed by atoms with van der Waals surface area (Å²) >= 11 is 1.43. The Balaban J connectivity index is 1.88. The van der Waals surface area contributed by atoms with Gasteiger partial charge in [0.2, 0.25) is 5.95 Å². The largest absolute Gasteiger partial charge is 0.359 e. The van der Waals surface area contributed by atoms with Crippen molar-refractivity contribution in [3.05, 3.63) is 57.5 Å². The van der Waals surface area contributed by atoms with Gasteiger partial charge in [-0.3, -0.25) is 10.1 Å². The molecule has 0 saturated carbocycles. The van der Waals surface area contributed by atoms with Gasteiger partial charge in [0.05, 0.1) is 15.5 Å². The number of nitrogens with one attached hydrogen (secondary N) is 1. The molecule has 3 rings (SSSR count). The van der Waals surface area contributed by atoms with E-state index in [4.69, 9.17) is 0 Å². The van der Waals surface area contributed by atoms with E-state index in [0.717, 1.165) is 16.9 Å². The summed E-state index contributed by atoms with van der Waals surface area (Å²) in [6.07, 6.45) is 2.51. The van der Waals surface area contributed by atoms with Crippen molar-refractivity contribution < 1.29 is 9.72 Å². The van der Waals surface area contributed by atoms with E-state index in [-0.39, 0.29) is 11.1 Å². The molecule has 0 amide bonds. The molecule has 1 aliphatic heterocycles. The van der Waals surface area contributed by atoms with Crippen LogP contribution in [0.2, 0.25) is 0 Å². The number of aryl methyl sites for hydroxylation is 1. The van der Waals surface area contributed by atoms with Gasteiger partial charge in [0.15, 0.2) is 6.29 Å². The van der Waals surface area contributed by atoms with E-state index in [0.29, 0.717) is 22.9 Å². The molecule has 1 aromatic heterocycles. The first kappa shape index (κ1) is 17.9. The minimum absolute atomic E-state index is 0.0338. The second kappa shape index (κ2) is 7.12. The quantitative estimate of drug-likeness (QED) is 0.485. The number of benzene rings is 1. The van der Waals surface area contributed by atoms with Crippen molar-refractivity contribution >= 4 is 40.3 Å². The van der Waals surface area contributed by atoms with Gasteiger partial charge < -0.3 is 15.0 Å². The van der Waals surface area contributed by atoms with Crippen molar-refractivity contribution in [1.82, 2.24) is 14.9 Å². The number of likely N-dealkylation sites (N-methyl/N-ethyl adjacent to an activating group) is 1. The smallest absolute Gasteiger partial charge is 0.274 e. The molecule has 1 aromatic carbocycles. The van der Waals surface area contributed by atoms with Gasteiger partial charge in [-0.15, -0.1) is 0 Å². The van der Waals surface area contributed by atoms with E-state index >= 15 is 0 Å². The van der Waals surface area contributed by atoms with Crippen molar-refractivity contribution in [1.29, 1.82) is 0 Å². The first-order valence-electron chi connectivity index (χ1n) is 7.82. The Bertz CT molecular complexity index is 915. The SMILES string of the molecule is CC1=C(c2ccnc(Nc3ccc(C)c([N+](=O)[O-])c3)n2)SC(C=O)N1C. The van der Waals surface area contributed by atoms with Crippen LogP contribution >= 0.6 is 11.8 Å². The lowest BCUT2D eigenvalue weighted by molar-refractivity contribution is -0.385. The second-order valence-corrected chi connectivity index (χ2v) is 6.95. The highest BCUT2D eigenvalue weighted by atomic mass is 32.2. The molecule has 1 unspecified atom stereocenters. The zero-order chi connectivity index (χ0) is 18.8. The number of carbonyl (C=O) groups excluding carboxylic acids is 1. The maximum absolute atomic E-state index is 11.2. The van der Waals surface area contributed by atoms with Crippen LogP contribution in [0.15, 0.2) is 36.2 Å². The standard InChI is InChI=1S/C17H17N5O3S/c1-10-4-5-12(8-14(10)22(24)25)19-17-18-7-6-13(20-17)16-11(2)21(3)15(9-23)26-16/h4-9,15H,1-3H3,(H,18,19,20). The lowest BCUT2D eigenvalue weighted by atomic mass is 10.2. The Hall–Kier alpha value is -2.94. The van der Waals surface area contributed by atoms with Crippen molar-refractivity contribution in [2.45, 2.75) is 19.2 Å². The van der Waals surface area contributed by atoms with Crippen LogP contribution < -0.4 is 5.32 Å². The Kier molecular flexibility index (Phi) is 4.90. The van der Waals surface area contributed by atoms with E-state index in [1.54, 1.807) is 31.3 Å². The number of nitro benzene ring substituents is 1. The van der Waals surface area contributed by atoms with E-state index in [2.05, 4.69) is 15.3 Å². The molecule has 0 fully saturated rings. The van der Waals surface area contributed by atoms with Gasteiger partial charge in [-0.2, -0.15) is 0 Å². The number of aromatic nitrogens is 2. The van der Waals surface area contributed by atoms with E-state index < -0.39 is 4.92 Å². The third kappa shape index (κ3) is 3.38. The Labute approximate surface area is 154 Å². The predicted octanol–water partition coefficient (Wildman–Crippen LogP) is 3.33. The van der Waals surface area contributed by atoms with Gasteiger partial charge in [-0.05, 0) is 26.0 Å². The minimum atomic E-state index is -0.420. The number of nitrogens with zero attached hydrogens (tertiary/aromatic N) is 4. The van der Waals surface area contributed by atoms with Crippen LogP contribution in [0, 0.1) is 17.0 Å². The molecule has 2 heterocycles. The van der Waals surface area contributed by atoms with Crippen molar-refractivity contribution in [2.75, 3.05) is 12.4 Å². The first-order valence-corrected chi connectivity index (χ1v) is 8.70. The molecule has 0 saturated heterocycles. The van der Waals surface area contributed by atoms with Gasteiger partial charge in [0.25, 0.3) is 5.69 Å². The molecule has 0 spiro atoms. The maximum atomic E-state index is 11.2. The van der Waals surface area contributed by atoms with Crippen molar-refractivity contribution in [2.24, 2.45) is 0 Å². The van der Waals surface area contributed by atoms with Crippen LogP contribution in [0.3, 0.4) is 0 Å². The normalized spacial score (nSPS) is 16.7. The number of thioether (sulfide) groups is 1. The molecule has 2 aromatic rings. The van der Waals surface area contributed by atoms with Crippen LogP contribution in [0.25, 0.3) is 4.91 Å². The molecular formula is C17H17N5O3S. The summed E-state index contributed by atoms with van der Waals surface area (Å²) in [5, 5.41) is 13.8. The number of hydrogen-bond acceptors (Lipinski definition) is 8. The molecule has 9 heteroatoms. The van der Waals surface area contributed by atoms with Crippen LogP contribution in [0.5, 0.6) is 0 Å². The highest BCUT2D eigenvalue weighted by Crippen LogP contribution is 2.41. The van der Waals surface area contributed by atoms with Crippen LogP contribution in [-0.2, 0) is 4.79 Å². The third-order valence-electron chi connectivity index (χ3n) is 4.14.